The Morgan fingerprint density at radius 1 is 1.69 bits per heavy atom. The Bertz CT molecular complexity index is 336. The molecular formula is C9H8ClNO2. The maximum Gasteiger partial charge on any atom is 0.330 e. The highest BCUT2D eigenvalue weighted by Crippen LogP contribution is 2.08. The third kappa shape index (κ3) is 3.25. The Balaban J connectivity index is 2.74. The summed E-state index contributed by atoms with van der Waals surface area (Å²) in [5.41, 5.74) is 0.811. The topological polar surface area (TPSA) is 39.2 Å². The van der Waals surface area contributed by atoms with Gasteiger partial charge in [0.15, 0.2) is 0 Å². The summed E-state index contributed by atoms with van der Waals surface area (Å²) in [5, 5.41) is 0.395. The lowest BCUT2D eigenvalue weighted by atomic mass is 10.2. The fourth-order valence-corrected chi connectivity index (χ4v) is 0.936. The van der Waals surface area contributed by atoms with E-state index >= 15 is 0 Å². The van der Waals surface area contributed by atoms with Crippen LogP contribution in [0.3, 0.4) is 0 Å². The van der Waals surface area contributed by atoms with Gasteiger partial charge in [0.05, 0.1) is 7.11 Å². The minimum absolute atomic E-state index is 0.395. The largest absolute Gasteiger partial charge is 0.466 e. The second kappa shape index (κ2) is 4.62. The molecule has 0 aliphatic carbocycles. The van der Waals surface area contributed by atoms with E-state index in [2.05, 4.69) is 9.72 Å². The van der Waals surface area contributed by atoms with Crippen LogP contribution in [0.1, 0.15) is 5.56 Å². The van der Waals surface area contributed by atoms with Gasteiger partial charge in [-0.3, -0.25) is 0 Å². The number of hydrogen-bond acceptors (Lipinski definition) is 3. The first-order valence-electron chi connectivity index (χ1n) is 3.60. The molecule has 0 saturated carbocycles. The molecule has 13 heavy (non-hydrogen) atoms. The molecule has 0 bridgehead atoms. The van der Waals surface area contributed by atoms with E-state index in [0.29, 0.717) is 5.15 Å². The summed E-state index contributed by atoms with van der Waals surface area (Å²) in [5.74, 6) is -0.395. The number of methoxy groups -OCH3 is 1. The summed E-state index contributed by atoms with van der Waals surface area (Å²) in [7, 11) is 1.33. The van der Waals surface area contributed by atoms with Crippen molar-refractivity contribution in [1.29, 1.82) is 0 Å². The second-order valence-corrected chi connectivity index (χ2v) is 2.66. The predicted molar refractivity (Wildman–Crippen MR) is 50.3 cm³/mol. The number of nitrogens with zero attached hydrogens (tertiary/aromatic N) is 1. The Hall–Kier alpha value is -1.35. The van der Waals surface area contributed by atoms with Crippen LogP contribution in [-0.4, -0.2) is 18.1 Å². The summed E-state index contributed by atoms with van der Waals surface area (Å²) in [4.78, 5) is 14.5. The first-order valence-corrected chi connectivity index (χ1v) is 3.98. The highest BCUT2D eigenvalue weighted by molar-refractivity contribution is 6.29. The Morgan fingerprint density at radius 2 is 2.46 bits per heavy atom. The Labute approximate surface area is 81.0 Å². The van der Waals surface area contributed by atoms with Gasteiger partial charge in [-0.1, -0.05) is 11.6 Å². The highest BCUT2D eigenvalue weighted by atomic mass is 35.5. The third-order valence-electron chi connectivity index (χ3n) is 1.36. The lowest BCUT2D eigenvalue weighted by Gasteiger charge is -1.93. The van der Waals surface area contributed by atoms with Crippen molar-refractivity contribution in [2.45, 2.75) is 0 Å². The van der Waals surface area contributed by atoms with E-state index in [9.17, 15) is 4.79 Å². The van der Waals surface area contributed by atoms with Crippen LogP contribution in [0.2, 0.25) is 5.15 Å². The monoisotopic (exact) mass is 197 g/mol. The molecule has 0 amide bonds. The predicted octanol–water partition coefficient (Wildman–Crippen LogP) is 1.92. The van der Waals surface area contributed by atoms with Crippen molar-refractivity contribution in [1.82, 2.24) is 4.98 Å². The van der Waals surface area contributed by atoms with E-state index in [1.54, 1.807) is 24.4 Å². The fourth-order valence-electron chi connectivity index (χ4n) is 0.753. The Kier molecular flexibility index (Phi) is 3.46. The van der Waals surface area contributed by atoms with Gasteiger partial charge in [0.1, 0.15) is 5.15 Å². The number of carbonyl (C=O) groups excluding carboxylic acids is 1. The second-order valence-electron chi connectivity index (χ2n) is 2.27. The summed E-state index contributed by atoms with van der Waals surface area (Å²) >= 11 is 5.63. The lowest BCUT2D eigenvalue weighted by molar-refractivity contribution is -0.134. The molecule has 0 N–H and O–H groups in total. The molecule has 0 unspecified atom stereocenters. The summed E-state index contributed by atoms with van der Waals surface area (Å²) in [6, 6.07) is 3.40. The van der Waals surface area contributed by atoms with Gasteiger partial charge < -0.3 is 4.74 Å². The quantitative estimate of drug-likeness (QED) is 0.413. The molecule has 3 nitrogen and oxygen atoms in total. The summed E-state index contributed by atoms with van der Waals surface area (Å²) < 4.78 is 4.43. The molecule has 1 aromatic rings. The van der Waals surface area contributed by atoms with Gasteiger partial charge in [-0.05, 0) is 23.8 Å². The Morgan fingerprint density at radius 3 is 3.08 bits per heavy atom. The van der Waals surface area contributed by atoms with E-state index in [1.807, 2.05) is 0 Å². The van der Waals surface area contributed by atoms with Crippen molar-refractivity contribution < 1.29 is 9.53 Å². The highest BCUT2D eigenvalue weighted by Gasteiger charge is 1.93. The number of ether oxygens (including phenoxy) is 1. The number of carbonyl (C=O) groups is 1. The van der Waals surface area contributed by atoms with Crippen molar-refractivity contribution >= 4 is 23.6 Å². The fraction of sp³-hybridized carbons (Fsp3) is 0.111. The zero-order chi connectivity index (χ0) is 9.68. The van der Waals surface area contributed by atoms with Crippen molar-refractivity contribution in [2.24, 2.45) is 0 Å². The molecule has 4 heteroatoms. The van der Waals surface area contributed by atoms with Gasteiger partial charge >= 0.3 is 5.97 Å². The number of esters is 1. The van der Waals surface area contributed by atoms with Crippen LogP contribution in [0.15, 0.2) is 24.4 Å². The minimum atomic E-state index is -0.395. The molecule has 1 heterocycles. The minimum Gasteiger partial charge on any atom is -0.466 e. The van der Waals surface area contributed by atoms with Crippen LogP contribution in [0.4, 0.5) is 0 Å². The van der Waals surface area contributed by atoms with E-state index in [-0.39, 0.29) is 0 Å². The molecule has 0 aliphatic rings. The van der Waals surface area contributed by atoms with Crippen molar-refractivity contribution in [2.75, 3.05) is 7.11 Å². The molecule has 0 saturated heterocycles. The average Bonchev–Trinajstić information content (AvgIpc) is 2.14. The van der Waals surface area contributed by atoms with Crippen LogP contribution >= 0.6 is 11.6 Å². The van der Waals surface area contributed by atoms with Crippen LogP contribution < -0.4 is 0 Å². The molecule has 1 aromatic heterocycles. The molecule has 1 rings (SSSR count). The van der Waals surface area contributed by atoms with Gasteiger partial charge in [0, 0.05) is 12.3 Å². The normalized spacial score (nSPS) is 10.3. The smallest absolute Gasteiger partial charge is 0.330 e. The van der Waals surface area contributed by atoms with Gasteiger partial charge in [-0.25, -0.2) is 9.78 Å². The molecule has 0 radical (unpaired) electrons. The maximum absolute atomic E-state index is 10.7. The van der Waals surface area contributed by atoms with E-state index in [4.69, 9.17) is 11.6 Å². The number of hydrogen-bond donors (Lipinski definition) is 0. The lowest BCUT2D eigenvalue weighted by Crippen LogP contribution is -1.93. The van der Waals surface area contributed by atoms with Crippen molar-refractivity contribution in [3.8, 4) is 0 Å². The van der Waals surface area contributed by atoms with Crippen LogP contribution in [0.5, 0.6) is 0 Å². The summed E-state index contributed by atoms with van der Waals surface area (Å²) in [6.07, 6.45) is 4.50. The number of halogens is 1. The number of rotatable bonds is 2. The molecule has 0 spiro atoms. The zero-order valence-electron chi connectivity index (χ0n) is 7.03. The van der Waals surface area contributed by atoms with E-state index in [1.165, 1.54) is 13.2 Å². The number of pyridine rings is 1. The van der Waals surface area contributed by atoms with Crippen LogP contribution in [0, 0.1) is 0 Å². The maximum atomic E-state index is 10.7. The van der Waals surface area contributed by atoms with Crippen LogP contribution in [-0.2, 0) is 9.53 Å². The summed E-state index contributed by atoms with van der Waals surface area (Å²) in [6.45, 7) is 0. The van der Waals surface area contributed by atoms with E-state index in [0.717, 1.165) is 5.56 Å². The number of aromatic nitrogens is 1. The van der Waals surface area contributed by atoms with E-state index < -0.39 is 5.97 Å². The molecular weight excluding hydrogens is 190 g/mol. The standard InChI is InChI=1S/C9H8ClNO2/c1-13-9(12)3-2-7-4-5-11-8(10)6-7/h2-6H,1H3. The van der Waals surface area contributed by atoms with Gasteiger partial charge in [0.25, 0.3) is 0 Å². The average molecular weight is 198 g/mol. The van der Waals surface area contributed by atoms with Gasteiger partial charge in [-0.15, -0.1) is 0 Å². The first kappa shape index (κ1) is 9.74. The molecule has 68 valence electrons. The van der Waals surface area contributed by atoms with Crippen molar-refractivity contribution in [3.63, 3.8) is 0 Å². The zero-order valence-corrected chi connectivity index (χ0v) is 7.78. The first-order chi connectivity index (χ1) is 6.22. The van der Waals surface area contributed by atoms with Gasteiger partial charge in [0.2, 0.25) is 0 Å². The van der Waals surface area contributed by atoms with Crippen molar-refractivity contribution in [3.05, 3.63) is 35.1 Å². The third-order valence-corrected chi connectivity index (χ3v) is 1.57. The molecule has 0 fully saturated rings. The SMILES string of the molecule is COC(=O)C=Cc1ccnc(Cl)c1. The van der Waals surface area contributed by atoms with Crippen LogP contribution in [0.25, 0.3) is 6.08 Å². The molecule has 0 aliphatic heterocycles. The van der Waals surface area contributed by atoms with Gasteiger partial charge in [-0.2, -0.15) is 0 Å². The molecule has 0 atom stereocenters. The molecule has 0 aromatic carbocycles.